The van der Waals surface area contributed by atoms with Gasteiger partial charge in [0.2, 0.25) is 0 Å². The summed E-state index contributed by atoms with van der Waals surface area (Å²) in [4.78, 5) is 39.0. The Morgan fingerprint density at radius 2 is 1.29 bits per heavy atom. The number of ether oxygens (including phenoxy) is 1. The third-order valence-corrected chi connectivity index (χ3v) is 6.90. The van der Waals surface area contributed by atoms with E-state index in [9.17, 15) is 14.4 Å². The molecule has 5 aromatic rings. The number of carbonyl (C=O) groups excluding carboxylic acids is 3. The average Bonchev–Trinajstić information content (AvgIpc) is 3.08. The predicted molar refractivity (Wildman–Crippen MR) is 179 cm³/mol. The van der Waals surface area contributed by atoms with Crippen LogP contribution in [-0.2, 0) is 11.4 Å². The summed E-state index contributed by atoms with van der Waals surface area (Å²) in [6, 6.07) is 40.4. The van der Waals surface area contributed by atoms with Gasteiger partial charge in [-0.3, -0.25) is 14.4 Å². The van der Waals surface area contributed by atoms with Crippen molar-refractivity contribution in [3.05, 3.63) is 179 Å². The van der Waals surface area contributed by atoms with Gasteiger partial charge in [-0.25, -0.2) is 0 Å². The zero-order valence-electron chi connectivity index (χ0n) is 24.8. The number of nitrogens with one attached hydrogen (secondary N) is 2. The molecule has 5 aromatic carbocycles. The number of carbonyl (C=O) groups is 3. The first-order chi connectivity index (χ1) is 21.9. The Balaban J connectivity index is 1.21. The minimum Gasteiger partial charge on any atom is -0.489 e. The molecule has 222 valence electrons. The summed E-state index contributed by atoms with van der Waals surface area (Å²) in [6.07, 6.45) is 4.88. The second kappa shape index (κ2) is 14.9. The maximum atomic E-state index is 13.3. The molecule has 45 heavy (non-hydrogen) atoms. The molecule has 0 spiro atoms. The van der Waals surface area contributed by atoms with Crippen LogP contribution in [0.5, 0.6) is 5.75 Å². The standard InChI is InChI=1S/C39H32N2O4/c1-28-12-14-30(15-13-28)26-36(41-38(43)33-10-6-3-7-11-33)39(44)40-34-21-19-32(20-22-34)37(42)25-18-29-16-23-35(24-17-29)45-27-31-8-4-2-5-9-31/h2-26H,27H2,1H3,(H,40,44)(H,41,43)/b25-18+,36-26-. The van der Waals surface area contributed by atoms with Crippen molar-refractivity contribution in [2.24, 2.45) is 0 Å². The zero-order valence-corrected chi connectivity index (χ0v) is 24.8. The molecule has 0 saturated carbocycles. The number of aryl methyl sites for hydroxylation is 1. The Morgan fingerprint density at radius 3 is 1.96 bits per heavy atom. The van der Waals surface area contributed by atoms with Gasteiger partial charge >= 0.3 is 0 Å². The van der Waals surface area contributed by atoms with Crippen molar-refractivity contribution in [3.63, 3.8) is 0 Å². The highest BCUT2D eigenvalue weighted by atomic mass is 16.5. The Hall–Kier alpha value is -6.01. The van der Waals surface area contributed by atoms with Crippen LogP contribution in [0.3, 0.4) is 0 Å². The molecule has 2 amide bonds. The van der Waals surface area contributed by atoms with Gasteiger partial charge in [0, 0.05) is 16.8 Å². The predicted octanol–water partition coefficient (Wildman–Crippen LogP) is 7.88. The van der Waals surface area contributed by atoms with Gasteiger partial charge in [0.25, 0.3) is 11.8 Å². The van der Waals surface area contributed by atoms with Gasteiger partial charge in [-0.05, 0) is 84.3 Å². The van der Waals surface area contributed by atoms with Crippen molar-refractivity contribution < 1.29 is 19.1 Å². The smallest absolute Gasteiger partial charge is 0.272 e. The molecule has 6 heteroatoms. The second-order valence-electron chi connectivity index (χ2n) is 10.4. The van der Waals surface area contributed by atoms with Crippen molar-refractivity contribution in [2.75, 3.05) is 5.32 Å². The quantitative estimate of drug-likeness (QED) is 0.121. The van der Waals surface area contributed by atoms with Crippen LogP contribution in [0, 0.1) is 6.92 Å². The lowest BCUT2D eigenvalue weighted by molar-refractivity contribution is -0.113. The van der Waals surface area contributed by atoms with Crippen LogP contribution in [0.4, 0.5) is 5.69 Å². The number of rotatable bonds is 11. The van der Waals surface area contributed by atoms with E-state index in [0.717, 1.165) is 28.0 Å². The molecule has 0 fully saturated rings. The maximum absolute atomic E-state index is 13.3. The summed E-state index contributed by atoms with van der Waals surface area (Å²) in [5.41, 5.74) is 5.28. The molecule has 5 rings (SSSR count). The van der Waals surface area contributed by atoms with Gasteiger partial charge < -0.3 is 15.4 Å². The first-order valence-corrected chi connectivity index (χ1v) is 14.5. The van der Waals surface area contributed by atoms with E-state index in [1.54, 1.807) is 60.7 Å². The molecular formula is C39H32N2O4. The first kappa shape index (κ1) is 30.4. The van der Waals surface area contributed by atoms with E-state index in [2.05, 4.69) is 10.6 Å². The molecule has 6 nitrogen and oxygen atoms in total. The minimum absolute atomic E-state index is 0.0901. The fraction of sp³-hybridized carbons (Fsp3) is 0.0513. The van der Waals surface area contributed by atoms with Gasteiger partial charge in [0.05, 0.1) is 0 Å². The van der Waals surface area contributed by atoms with Crippen LogP contribution >= 0.6 is 0 Å². The Bertz CT molecular complexity index is 1810. The molecule has 2 N–H and O–H groups in total. The van der Waals surface area contributed by atoms with Crippen LogP contribution in [0.1, 0.15) is 43.0 Å². The molecule has 0 aromatic heterocycles. The number of amides is 2. The van der Waals surface area contributed by atoms with E-state index >= 15 is 0 Å². The third-order valence-electron chi connectivity index (χ3n) is 6.90. The highest BCUT2D eigenvalue weighted by Crippen LogP contribution is 2.17. The fourth-order valence-corrected chi connectivity index (χ4v) is 4.37. The first-order valence-electron chi connectivity index (χ1n) is 14.5. The minimum atomic E-state index is -0.491. The van der Waals surface area contributed by atoms with Crippen molar-refractivity contribution in [1.82, 2.24) is 5.32 Å². The fourth-order valence-electron chi connectivity index (χ4n) is 4.37. The van der Waals surface area contributed by atoms with E-state index in [-0.39, 0.29) is 11.5 Å². The molecule has 0 saturated heterocycles. The Kier molecular flexibility index (Phi) is 10.1. The van der Waals surface area contributed by atoms with Gasteiger partial charge in [-0.1, -0.05) is 96.6 Å². The van der Waals surface area contributed by atoms with E-state index in [4.69, 9.17) is 4.74 Å². The van der Waals surface area contributed by atoms with Crippen LogP contribution in [-0.4, -0.2) is 17.6 Å². The van der Waals surface area contributed by atoms with Crippen molar-refractivity contribution in [1.29, 1.82) is 0 Å². The zero-order chi connectivity index (χ0) is 31.4. The van der Waals surface area contributed by atoms with E-state index in [1.165, 1.54) is 6.08 Å². The molecule has 0 aliphatic rings. The third kappa shape index (κ3) is 8.99. The summed E-state index contributed by atoms with van der Waals surface area (Å²) < 4.78 is 5.82. The van der Waals surface area contributed by atoms with Crippen molar-refractivity contribution >= 4 is 35.4 Å². The van der Waals surface area contributed by atoms with Gasteiger partial charge in [0.1, 0.15) is 18.1 Å². The molecule has 0 heterocycles. The van der Waals surface area contributed by atoms with E-state index in [0.29, 0.717) is 23.4 Å². The molecule has 0 aliphatic carbocycles. The largest absolute Gasteiger partial charge is 0.489 e. The average molecular weight is 593 g/mol. The normalized spacial score (nSPS) is 11.2. The summed E-state index contributed by atoms with van der Waals surface area (Å²) in [5, 5.41) is 5.55. The summed E-state index contributed by atoms with van der Waals surface area (Å²) >= 11 is 0. The molecule has 0 atom stereocenters. The molecule has 0 bridgehead atoms. The van der Waals surface area contributed by atoms with Gasteiger partial charge in [-0.2, -0.15) is 0 Å². The van der Waals surface area contributed by atoms with Crippen LogP contribution in [0.15, 0.2) is 145 Å². The monoisotopic (exact) mass is 592 g/mol. The lowest BCUT2D eigenvalue weighted by Crippen LogP contribution is -2.30. The van der Waals surface area contributed by atoms with Gasteiger partial charge in [-0.15, -0.1) is 0 Å². The summed E-state index contributed by atoms with van der Waals surface area (Å²) in [7, 11) is 0. The number of allylic oxidation sites excluding steroid dienone is 1. The van der Waals surface area contributed by atoms with Crippen LogP contribution in [0.2, 0.25) is 0 Å². The molecule has 0 unspecified atom stereocenters. The Morgan fingerprint density at radius 1 is 0.667 bits per heavy atom. The highest BCUT2D eigenvalue weighted by molar-refractivity contribution is 6.11. The van der Waals surface area contributed by atoms with E-state index in [1.807, 2.05) is 91.9 Å². The van der Waals surface area contributed by atoms with Crippen LogP contribution < -0.4 is 15.4 Å². The number of hydrogen-bond acceptors (Lipinski definition) is 4. The highest BCUT2D eigenvalue weighted by Gasteiger charge is 2.15. The topological polar surface area (TPSA) is 84.5 Å². The van der Waals surface area contributed by atoms with E-state index < -0.39 is 11.8 Å². The number of ketones is 1. The van der Waals surface area contributed by atoms with Crippen molar-refractivity contribution in [3.8, 4) is 5.75 Å². The lowest BCUT2D eigenvalue weighted by Gasteiger charge is -2.12. The summed E-state index contributed by atoms with van der Waals surface area (Å²) in [5.74, 6) is -0.315. The second-order valence-corrected chi connectivity index (χ2v) is 10.4. The number of benzene rings is 5. The van der Waals surface area contributed by atoms with Gasteiger partial charge in [0.15, 0.2) is 5.78 Å². The van der Waals surface area contributed by atoms with Crippen molar-refractivity contribution in [2.45, 2.75) is 13.5 Å². The number of anilines is 1. The number of hydrogen-bond donors (Lipinski definition) is 2. The molecule has 0 aliphatic heterocycles. The Labute approximate surface area is 262 Å². The summed E-state index contributed by atoms with van der Waals surface area (Å²) in [6.45, 7) is 2.46. The molecule has 0 radical (unpaired) electrons. The lowest BCUT2D eigenvalue weighted by atomic mass is 10.1. The molecular weight excluding hydrogens is 560 g/mol. The van der Waals surface area contributed by atoms with Crippen LogP contribution in [0.25, 0.3) is 12.2 Å². The SMILES string of the molecule is Cc1ccc(/C=C(\NC(=O)c2ccccc2)C(=O)Nc2ccc(C(=O)/C=C/c3ccc(OCc4ccccc4)cc3)cc2)cc1. The maximum Gasteiger partial charge on any atom is 0.272 e.